The lowest BCUT2D eigenvalue weighted by atomic mass is 10.0. The molecule has 5 nitrogen and oxygen atoms in total. The molecule has 1 aliphatic heterocycles. The smallest absolute Gasteiger partial charge is 0.225 e. The highest BCUT2D eigenvalue weighted by Crippen LogP contribution is 2.18. The molecule has 0 atom stereocenters. The Bertz CT molecular complexity index is 358. The zero-order valence-electron chi connectivity index (χ0n) is 10.6. The molecular weight excluding hydrogens is 214 g/mol. The van der Waals surface area contributed by atoms with E-state index >= 15 is 0 Å². The van der Waals surface area contributed by atoms with Crippen LogP contribution in [0, 0.1) is 0 Å². The molecule has 0 spiro atoms. The number of anilines is 1. The van der Waals surface area contributed by atoms with E-state index in [1.54, 1.807) is 6.20 Å². The molecule has 0 aromatic carbocycles. The van der Waals surface area contributed by atoms with Gasteiger partial charge in [0.05, 0.1) is 5.69 Å². The van der Waals surface area contributed by atoms with E-state index in [0.29, 0.717) is 12.6 Å². The summed E-state index contributed by atoms with van der Waals surface area (Å²) in [5.41, 5.74) is 6.50. The Morgan fingerprint density at radius 1 is 1.41 bits per heavy atom. The van der Waals surface area contributed by atoms with E-state index in [2.05, 4.69) is 33.9 Å². The van der Waals surface area contributed by atoms with Crippen LogP contribution in [0.4, 0.5) is 5.95 Å². The quantitative estimate of drug-likeness (QED) is 0.825. The predicted molar refractivity (Wildman–Crippen MR) is 68.8 cm³/mol. The molecule has 5 heteroatoms. The van der Waals surface area contributed by atoms with E-state index < -0.39 is 0 Å². The van der Waals surface area contributed by atoms with E-state index in [0.717, 1.165) is 24.7 Å². The van der Waals surface area contributed by atoms with Crippen LogP contribution in [0.3, 0.4) is 0 Å². The minimum atomic E-state index is 0.476. The van der Waals surface area contributed by atoms with Crippen LogP contribution in [0.1, 0.15) is 18.5 Å². The summed E-state index contributed by atoms with van der Waals surface area (Å²) in [6.45, 7) is 2.53. The second-order valence-corrected chi connectivity index (χ2v) is 4.73. The van der Waals surface area contributed by atoms with Gasteiger partial charge in [-0.1, -0.05) is 0 Å². The fourth-order valence-electron chi connectivity index (χ4n) is 2.23. The fraction of sp³-hybridized carbons (Fsp3) is 0.667. The summed E-state index contributed by atoms with van der Waals surface area (Å²) >= 11 is 0. The van der Waals surface area contributed by atoms with Gasteiger partial charge in [0.15, 0.2) is 0 Å². The van der Waals surface area contributed by atoms with E-state index in [4.69, 9.17) is 5.73 Å². The van der Waals surface area contributed by atoms with Crippen molar-refractivity contribution in [3.8, 4) is 0 Å². The summed E-state index contributed by atoms with van der Waals surface area (Å²) in [6, 6.07) is 2.56. The molecule has 17 heavy (non-hydrogen) atoms. The maximum absolute atomic E-state index is 5.59. The van der Waals surface area contributed by atoms with Crippen molar-refractivity contribution in [2.45, 2.75) is 25.4 Å². The molecule has 2 heterocycles. The van der Waals surface area contributed by atoms with Crippen LogP contribution < -0.4 is 10.6 Å². The second kappa shape index (κ2) is 5.42. The molecule has 1 saturated heterocycles. The average Bonchev–Trinajstić information content (AvgIpc) is 2.39. The zero-order valence-corrected chi connectivity index (χ0v) is 10.6. The summed E-state index contributed by atoms with van der Waals surface area (Å²) in [5.74, 6) is 0.824. The molecule has 2 rings (SSSR count). The van der Waals surface area contributed by atoms with Crippen molar-refractivity contribution in [1.82, 2.24) is 14.9 Å². The highest BCUT2D eigenvalue weighted by Gasteiger charge is 2.21. The molecule has 0 aliphatic carbocycles. The van der Waals surface area contributed by atoms with Gasteiger partial charge < -0.3 is 15.5 Å². The van der Waals surface area contributed by atoms with Crippen LogP contribution in [-0.4, -0.2) is 48.1 Å². The van der Waals surface area contributed by atoms with Crippen LogP contribution in [0.5, 0.6) is 0 Å². The van der Waals surface area contributed by atoms with Crippen molar-refractivity contribution in [1.29, 1.82) is 0 Å². The first-order valence-electron chi connectivity index (χ1n) is 6.14. The third-order valence-corrected chi connectivity index (χ3v) is 3.39. The summed E-state index contributed by atoms with van der Waals surface area (Å²) in [6.07, 6.45) is 4.13. The normalized spacial score (nSPS) is 17.8. The maximum Gasteiger partial charge on any atom is 0.225 e. The van der Waals surface area contributed by atoms with Gasteiger partial charge in [-0.3, -0.25) is 0 Å². The molecule has 94 valence electrons. The molecule has 0 amide bonds. The van der Waals surface area contributed by atoms with Crippen molar-refractivity contribution in [3.63, 3.8) is 0 Å². The number of nitrogens with two attached hydrogens (primary N) is 1. The van der Waals surface area contributed by atoms with Crippen LogP contribution in [0.2, 0.25) is 0 Å². The molecule has 1 fully saturated rings. The van der Waals surface area contributed by atoms with Crippen molar-refractivity contribution in [2.75, 3.05) is 32.1 Å². The second-order valence-electron chi connectivity index (χ2n) is 4.73. The lowest BCUT2D eigenvalue weighted by molar-refractivity contribution is 0.249. The van der Waals surface area contributed by atoms with Gasteiger partial charge in [-0.2, -0.15) is 0 Å². The van der Waals surface area contributed by atoms with E-state index in [1.807, 2.05) is 6.07 Å². The highest BCUT2D eigenvalue weighted by atomic mass is 15.3. The van der Waals surface area contributed by atoms with Crippen molar-refractivity contribution in [3.05, 3.63) is 18.0 Å². The van der Waals surface area contributed by atoms with Crippen LogP contribution in [0.25, 0.3) is 0 Å². The Kier molecular flexibility index (Phi) is 3.91. The number of piperidine rings is 1. The summed E-state index contributed by atoms with van der Waals surface area (Å²) < 4.78 is 0. The Morgan fingerprint density at radius 2 is 2.12 bits per heavy atom. The van der Waals surface area contributed by atoms with Crippen molar-refractivity contribution in [2.24, 2.45) is 5.73 Å². The first-order valence-corrected chi connectivity index (χ1v) is 6.14. The fourth-order valence-corrected chi connectivity index (χ4v) is 2.23. The van der Waals surface area contributed by atoms with Gasteiger partial charge in [0.1, 0.15) is 0 Å². The van der Waals surface area contributed by atoms with Gasteiger partial charge in [0.2, 0.25) is 5.95 Å². The molecule has 0 saturated carbocycles. The molecule has 1 aromatic heterocycles. The lowest BCUT2D eigenvalue weighted by Crippen LogP contribution is -2.42. The monoisotopic (exact) mass is 235 g/mol. The number of nitrogens with zero attached hydrogens (tertiary/aromatic N) is 4. The molecule has 1 aromatic rings. The Balaban J connectivity index is 2.00. The third kappa shape index (κ3) is 2.92. The first kappa shape index (κ1) is 12.3. The number of hydrogen-bond acceptors (Lipinski definition) is 5. The summed E-state index contributed by atoms with van der Waals surface area (Å²) in [5, 5.41) is 0. The van der Waals surface area contributed by atoms with Crippen LogP contribution in [-0.2, 0) is 6.54 Å². The summed E-state index contributed by atoms with van der Waals surface area (Å²) in [4.78, 5) is 13.3. The lowest BCUT2D eigenvalue weighted by Gasteiger charge is -2.35. The number of aromatic nitrogens is 2. The van der Waals surface area contributed by atoms with E-state index in [-0.39, 0.29) is 0 Å². The van der Waals surface area contributed by atoms with Gasteiger partial charge >= 0.3 is 0 Å². The minimum Gasteiger partial charge on any atom is -0.341 e. The SMILES string of the molecule is CN(C)C1CCN(c2nccc(CN)n2)CC1. The first-order chi connectivity index (χ1) is 8.20. The topological polar surface area (TPSA) is 58.3 Å². The number of rotatable bonds is 3. The van der Waals surface area contributed by atoms with E-state index in [1.165, 1.54) is 12.8 Å². The predicted octanol–water partition coefficient (Wildman–Crippen LogP) is 0.466. The summed E-state index contributed by atoms with van der Waals surface area (Å²) in [7, 11) is 4.29. The van der Waals surface area contributed by atoms with Gasteiger partial charge in [0, 0.05) is 31.9 Å². The van der Waals surface area contributed by atoms with Crippen molar-refractivity contribution < 1.29 is 0 Å². The van der Waals surface area contributed by atoms with Gasteiger partial charge in [-0.05, 0) is 33.0 Å². The van der Waals surface area contributed by atoms with Crippen LogP contribution >= 0.6 is 0 Å². The third-order valence-electron chi connectivity index (χ3n) is 3.39. The van der Waals surface area contributed by atoms with Gasteiger partial charge in [0.25, 0.3) is 0 Å². The molecule has 0 unspecified atom stereocenters. The Labute approximate surface area is 103 Å². The molecule has 0 bridgehead atoms. The van der Waals surface area contributed by atoms with Gasteiger partial charge in [-0.15, -0.1) is 0 Å². The molecule has 2 N–H and O–H groups in total. The molecule has 1 aliphatic rings. The molecule has 0 radical (unpaired) electrons. The Hall–Kier alpha value is -1.20. The highest BCUT2D eigenvalue weighted by molar-refractivity contribution is 5.31. The standard InChI is InChI=1S/C12H21N5/c1-16(2)11-4-7-17(8-5-11)12-14-6-3-10(9-13)15-12/h3,6,11H,4-5,7-9,13H2,1-2H3. The zero-order chi connectivity index (χ0) is 12.3. The van der Waals surface area contributed by atoms with Gasteiger partial charge in [-0.25, -0.2) is 9.97 Å². The minimum absolute atomic E-state index is 0.476. The molecular formula is C12H21N5. The van der Waals surface area contributed by atoms with Crippen molar-refractivity contribution >= 4 is 5.95 Å². The Morgan fingerprint density at radius 3 is 2.71 bits per heavy atom. The maximum atomic E-state index is 5.59. The van der Waals surface area contributed by atoms with E-state index in [9.17, 15) is 0 Å². The largest absolute Gasteiger partial charge is 0.341 e. The average molecular weight is 235 g/mol. The number of hydrogen-bond donors (Lipinski definition) is 1. The van der Waals surface area contributed by atoms with Crippen LogP contribution in [0.15, 0.2) is 12.3 Å².